The van der Waals surface area contributed by atoms with E-state index in [1.807, 2.05) is 55.7 Å². The number of nitrogens with zero attached hydrogens (tertiary/aromatic N) is 1. The molecule has 0 aliphatic heterocycles. The molecule has 0 aliphatic rings. The molecule has 2 aromatic carbocycles. The van der Waals surface area contributed by atoms with Gasteiger partial charge in [0.15, 0.2) is 0 Å². The first-order valence-corrected chi connectivity index (χ1v) is 12.6. The van der Waals surface area contributed by atoms with Gasteiger partial charge in [-0.05, 0) is 63.3 Å². The van der Waals surface area contributed by atoms with Crippen LogP contribution in [0.25, 0.3) is 22.3 Å². The third-order valence-corrected chi connectivity index (χ3v) is 6.23. The summed E-state index contributed by atoms with van der Waals surface area (Å²) < 4.78 is 15.8. The van der Waals surface area contributed by atoms with Gasteiger partial charge in [-0.25, -0.2) is 4.39 Å². The molecule has 198 valence electrons. The van der Waals surface area contributed by atoms with E-state index in [0.717, 1.165) is 22.4 Å². The van der Waals surface area contributed by atoms with Crippen molar-refractivity contribution in [3.05, 3.63) is 71.8 Å². The molecule has 2 atom stereocenters. The zero-order valence-corrected chi connectivity index (χ0v) is 24.4. The van der Waals surface area contributed by atoms with Gasteiger partial charge in [0, 0.05) is 41.8 Å². The Balaban J connectivity index is 0.00000507. The largest absolute Gasteiger partial charge is 1.00 e. The van der Waals surface area contributed by atoms with Crippen molar-refractivity contribution in [3.63, 3.8) is 0 Å². The van der Waals surface area contributed by atoms with Crippen LogP contribution in [-0.4, -0.2) is 45.4 Å². The minimum Gasteiger partial charge on any atom is -0.550 e. The number of carboxylic acid groups (broad SMARTS) is 1. The Morgan fingerprint density at radius 3 is 2.13 bits per heavy atom. The molecule has 0 fully saturated rings. The minimum absolute atomic E-state index is 0. The Hall–Kier alpha value is -2.49. The quantitative estimate of drug-likeness (QED) is 0.294. The molecule has 0 unspecified atom stereocenters. The first kappa shape index (κ1) is 31.7. The summed E-state index contributed by atoms with van der Waals surface area (Å²) in [7, 11) is 0. The summed E-state index contributed by atoms with van der Waals surface area (Å²) in [4.78, 5) is 24.3. The number of hydrogen-bond acceptors (Lipinski definition) is 5. The molecule has 0 spiro atoms. The summed E-state index contributed by atoms with van der Waals surface area (Å²) in [5.41, 5.74) is 4.30. The molecule has 3 N–H and O–H groups in total. The number of rotatable bonds is 12. The monoisotopic (exact) mass is 532 g/mol. The van der Waals surface area contributed by atoms with Crippen LogP contribution in [0, 0.1) is 5.82 Å². The molecule has 1 amide bonds. The van der Waals surface area contributed by atoms with E-state index in [4.69, 9.17) is 0 Å². The molecule has 0 saturated carbocycles. The molecule has 3 aromatic rings. The van der Waals surface area contributed by atoms with E-state index in [1.165, 1.54) is 12.1 Å². The van der Waals surface area contributed by atoms with Crippen LogP contribution in [0.3, 0.4) is 0 Å². The predicted octanol–water partition coefficient (Wildman–Crippen LogP) is 0.480. The zero-order valence-electron chi connectivity index (χ0n) is 22.4. The van der Waals surface area contributed by atoms with Gasteiger partial charge in [0.1, 0.15) is 11.5 Å². The average Bonchev–Trinajstić information content (AvgIpc) is 3.19. The van der Waals surface area contributed by atoms with Crippen LogP contribution in [0.1, 0.15) is 62.3 Å². The Bertz CT molecular complexity index is 1210. The summed E-state index contributed by atoms with van der Waals surface area (Å²) in [6.45, 7) is 6.22. The Labute approximate surface area is 245 Å². The number of hydrogen-bond donors (Lipinski definition) is 3. The molecule has 0 saturated heterocycles. The van der Waals surface area contributed by atoms with E-state index < -0.39 is 24.6 Å². The van der Waals surface area contributed by atoms with E-state index in [1.54, 1.807) is 12.1 Å². The minimum atomic E-state index is -1.38. The third-order valence-electron chi connectivity index (χ3n) is 6.23. The fourth-order valence-electron chi connectivity index (χ4n) is 4.75. The van der Waals surface area contributed by atoms with Crippen molar-refractivity contribution in [2.75, 3.05) is 6.54 Å². The maximum absolute atomic E-state index is 13.9. The molecule has 1 aromatic heterocycles. The van der Waals surface area contributed by atoms with Crippen molar-refractivity contribution in [1.82, 2.24) is 9.88 Å². The normalized spacial score (nSPS) is 12.6. The van der Waals surface area contributed by atoms with Crippen molar-refractivity contribution >= 4 is 11.9 Å². The molecule has 0 aliphatic carbocycles. The van der Waals surface area contributed by atoms with Crippen LogP contribution in [0.2, 0.25) is 0 Å². The van der Waals surface area contributed by atoms with Gasteiger partial charge in [0.05, 0.1) is 12.2 Å². The summed E-state index contributed by atoms with van der Waals surface area (Å²) in [5, 5.41) is 34.2. The van der Waals surface area contributed by atoms with Crippen molar-refractivity contribution < 1.29 is 58.9 Å². The first-order chi connectivity index (χ1) is 17.6. The van der Waals surface area contributed by atoms with Crippen molar-refractivity contribution in [1.29, 1.82) is 0 Å². The standard InChI is InChI=1S/C29H35FN2O5.Na/c1-4-31-29(37)28-27(19-8-6-5-7-9-19)26(20-10-12-21(30)13-11-20)24(32(28)18(2)3)15-14-22(33)16-23(34)17-25(35)36;/h5-13,18,22-23,33-34H,4,14-17H2,1-3H3,(H,31,37)(H,35,36);/q;+1/p-1/t22-,23-;/m1./s1. The van der Waals surface area contributed by atoms with Gasteiger partial charge in [-0.2, -0.15) is 0 Å². The topological polar surface area (TPSA) is 115 Å². The summed E-state index contributed by atoms with van der Waals surface area (Å²) >= 11 is 0. The van der Waals surface area contributed by atoms with Gasteiger partial charge >= 0.3 is 29.6 Å². The Morgan fingerprint density at radius 2 is 1.58 bits per heavy atom. The van der Waals surface area contributed by atoms with Crippen LogP contribution in [0.15, 0.2) is 54.6 Å². The molecule has 3 rings (SSSR count). The van der Waals surface area contributed by atoms with Crippen LogP contribution in [0.5, 0.6) is 0 Å². The molecular formula is C29H34FN2NaO5. The first-order valence-electron chi connectivity index (χ1n) is 12.6. The number of carbonyl (C=O) groups excluding carboxylic acids is 2. The van der Waals surface area contributed by atoms with Gasteiger partial charge in [-0.3, -0.25) is 4.79 Å². The smallest absolute Gasteiger partial charge is 0.550 e. The number of aliphatic hydroxyl groups is 2. The Morgan fingerprint density at radius 1 is 0.974 bits per heavy atom. The number of nitrogens with one attached hydrogen (secondary N) is 1. The van der Waals surface area contributed by atoms with E-state index >= 15 is 0 Å². The molecule has 9 heteroatoms. The van der Waals surface area contributed by atoms with Gasteiger partial charge < -0.3 is 30.0 Å². The van der Waals surface area contributed by atoms with Crippen molar-refractivity contribution in [2.24, 2.45) is 0 Å². The number of carbonyl (C=O) groups is 2. The fraction of sp³-hybridized carbons (Fsp3) is 0.379. The van der Waals surface area contributed by atoms with Crippen molar-refractivity contribution in [3.8, 4) is 22.3 Å². The van der Waals surface area contributed by atoms with Gasteiger partial charge in [-0.15, -0.1) is 0 Å². The summed E-state index contributed by atoms with van der Waals surface area (Å²) in [6, 6.07) is 15.5. The van der Waals surface area contributed by atoms with E-state index in [-0.39, 0.29) is 60.2 Å². The van der Waals surface area contributed by atoms with Gasteiger partial charge in [0.2, 0.25) is 0 Å². The fourth-order valence-corrected chi connectivity index (χ4v) is 4.75. The molecule has 38 heavy (non-hydrogen) atoms. The number of aliphatic carboxylic acids is 1. The van der Waals surface area contributed by atoms with E-state index in [9.17, 15) is 29.3 Å². The number of aliphatic hydroxyl groups excluding tert-OH is 2. The van der Waals surface area contributed by atoms with Crippen LogP contribution < -0.4 is 40.0 Å². The number of amides is 1. The number of benzene rings is 2. The third kappa shape index (κ3) is 7.77. The van der Waals surface area contributed by atoms with E-state index in [0.29, 0.717) is 24.2 Å². The van der Waals surface area contributed by atoms with Crippen LogP contribution in [0.4, 0.5) is 4.39 Å². The predicted molar refractivity (Wildman–Crippen MR) is 138 cm³/mol. The molecular weight excluding hydrogens is 498 g/mol. The summed E-state index contributed by atoms with van der Waals surface area (Å²) in [5.74, 6) is -2.00. The second kappa shape index (κ2) is 14.6. The van der Waals surface area contributed by atoms with Gasteiger partial charge in [-0.1, -0.05) is 42.5 Å². The second-order valence-electron chi connectivity index (χ2n) is 9.40. The summed E-state index contributed by atoms with van der Waals surface area (Å²) in [6.07, 6.45) is -2.31. The number of halogens is 1. The average molecular weight is 533 g/mol. The Kier molecular flexibility index (Phi) is 12.2. The molecule has 0 radical (unpaired) electrons. The maximum atomic E-state index is 13.9. The molecule has 7 nitrogen and oxygen atoms in total. The second-order valence-corrected chi connectivity index (χ2v) is 9.40. The SMILES string of the molecule is CCNC(=O)c1c(-c2ccccc2)c(-c2ccc(F)cc2)c(CC[C@@H](O)C[C@@H](O)CC(=O)[O-])n1C(C)C.[Na+]. The van der Waals surface area contributed by atoms with Crippen molar-refractivity contribution in [2.45, 2.75) is 64.7 Å². The van der Waals surface area contributed by atoms with Crippen LogP contribution >= 0.6 is 0 Å². The number of aromatic nitrogens is 1. The van der Waals surface area contributed by atoms with E-state index in [2.05, 4.69) is 5.32 Å². The maximum Gasteiger partial charge on any atom is 1.00 e. The van der Waals surface area contributed by atoms with Gasteiger partial charge in [0.25, 0.3) is 5.91 Å². The molecule has 0 bridgehead atoms. The molecule has 1 heterocycles. The number of carboxylic acids is 1. The van der Waals surface area contributed by atoms with Crippen LogP contribution in [-0.2, 0) is 11.2 Å². The zero-order chi connectivity index (χ0) is 27.1.